The number of hydrogen-bond donors (Lipinski definition) is 1. The molecule has 3 rings (SSSR count). The number of nitrogens with one attached hydrogen (secondary N) is 1. The number of aromatic nitrogens is 3. The van der Waals surface area contributed by atoms with Crippen molar-refractivity contribution in [2.45, 2.75) is 19.4 Å². The van der Waals surface area contributed by atoms with Gasteiger partial charge in [-0.15, -0.1) is 0 Å². The van der Waals surface area contributed by atoms with Crippen LogP contribution in [0.2, 0.25) is 0 Å². The Morgan fingerprint density at radius 1 is 1.48 bits per heavy atom. The van der Waals surface area contributed by atoms with E-state index in [4.69, 9.17) is 4.74 Å². The number of anilines is 1. The molecule has 3 heterocycles. The molecule has 0 aromatic carbocycles. The Morgan fingerprint density at radius 3 is 3.09 bits per heavy atom. The third-order valence-corrected chi connectivity index (χ3v) is 5.04. The van der Waals surface area contributed by atoms with Crippen molar-refractivity contribution in [3.63, 3.8) is 0 Å². The molecule has 124 valence electrons. The van der Waals surface area contributed by atoms with Crippen molar-refractivity contribution in [3.05, 3.63) is 28.9 Å². The van der Waals surface area contributed by atoms with E-state index in [1.165, 1.54) is 17.7 Å². The molecule has 8 heteroatoms. The quantitative estimate of drug-likeness (QED) is 0.872. The fourth-order valence-corrected chi connectivity index (χ4v) is 3.70. The molecule has 1 aliphatic heterocycles. The van der Waals surface area contributed by atoms with Gasteiger partial charge in [0, 0.05) is 31.9 Å². The summed E-state index contributed by atoms with van der Waals surface area (Å²) in [5.74, 6) is 0.758. The molecule has 2 aromatic rings. The van der Waals surface area contributed by atoms with Gasteiger partial charge in [0.05, 0.1) is 12.0 Å². The van der Waals surface area contributed by atoms with Crippen molar-refractivity contribution in [1.29, 1.82) is 0 Å². The van der Waals surface area contributed by atoms with Gasteiger partial charge in [0.1, 0.15) is 6.33 Å². The Labute approximate surface area is 138 Å². The summed E-state index contributed by atoms with van der Waals surface area (Å²) in [6, 6.07) is 1.88. The molecule has 0 spiro atoms. The molecule has 0 radical (unpaired) electrons. The van der Waals surface area contributed by atoms with Crippen LogP contribution in [0.25, 0.3) is 0 Å². The summed E-state index contributed by atoms with van der Waals surface area (Å²) in [7, 11) is 3.36. The van der Waals surface area contributed by atoms with Gasteiger partial charge in [-0.05, 0) is 25.3 Å². The standard InChI is InChI=1S/C15H20FN5OS/c1-17-15-20-14(16)12(23-15)8-21-4-3-10(7-21)5-11-6-13(22-2)19-9-18-11/h6,9-10H,3-5,7-8H2,1-2H3,(H,17,20). The third kappa shape index (κ3) is 3.94. The maximum atomic E-state index is 13.8. The average Bonchev–Trinajstić information content (AvgIpc) is 3.15. The van der Waals surface area contributed by atoms with Gasteiger partial charge in [-0.1, -0.05) is 11.3 Å². The van der Waals surface area contributed by atoms with Crippen LogP contribution >= 0.6 is 11.3 Å². The smallest absolute Gasteiger partial charge is 0.230 e. The van der Waals surface area contributed by atoms with E-state index in [-0.39, 0.29) is 5.95 Å². The number of nitrogens with zero attached hydrogens (tertiary/aromatic N) is 4. The second-order valence-electron chi connectivity index (χ2n) is 5.63. The predicted molar refractivity (Wildman–Crippen MR) is 87.3 cm³/mol. The summed E-state index contributed by atoms with van der Waals surface area (Å²) in [6.07, 6.45) is 3.51. The second kappa shape index (κ2) is 7.18. The lowest BCUT2D eigenvalue weighted by Crippen LogP contribution is -2.20. The number of hydrogen-bond acceptors (Lipinski definition) is 7. The summed E-state index contributed by atoms with van der Waals surface area (Å²) < 4.78 is 18.9. The number of methoxy groups -OCH3 is 1. The predicted octanol–water partition coefficient (Wildman–Crippen LogP) is 2.19. The zero-order valence-electron chi connectivity index (χ0n) is 13.3. The van der Waals surface area contributed by atoms with Crippen LogP contribution in [0.3, 0.4) is 0 Å². The highest BCUT2D eigenvalue weighted by molar-refractivity contribution is 7.15. The number of rotatable bonds is 6. The van der Waals surface area contributed by atoms with Crippen LogP contribution in [0.4, 0.5) is 9.52 Å². The van der Waals surface area contributed by atoms with Crippen molar-refractivity contribution in [1.82, 2.24) is 19.9 Å². The van der Waals surface area contributed by atoms with Crippen molar-refractivity contribution >= 4 is 16.5 Å². The average molecular weight is 337 g/mol. The number of likely N-dealkylation sites (tertiary alicyclic amines) is 1. The maximum absolute atomic E-state index is 13.8. The molecule has 1 fully saturated rings. The van der Waals surface area contributed by atoms with Gasteiger partial charge in [-0.25, -0.2) is 9.97 Å². The molecular formula is C15H20FN5OS. The molecule has 1 unspecified atom stereocenters. The first kappa shape index (κ1) is 16.1. The summed E-state index contributed by atoms with van der Waals surface area (Å²) >= 11 is 1.38. The SMILES string of the molecule is CNc1nc(F)c(CN2CCC(Cc3cc(OC)ncn3)C2)s1. The van der Waals surface area contributed by atoms with E-state index in [1.807, 2.05) is 6.07 Å². The molecule has 1 atom stereocenters. The van der Waals surface area contributed by atoms with Crippen molar-refractivity contribution in [2.75, 3.05) is 32.6 Å². The van der Waals surface area contributed by atoms with Crippen LogP contribution in [0.15, 0.2) is 12.4 Å². The van der Waals surface area contributed by atoms with E-state index < -0.39 is 0 Å². The Kier molecular flexibility index (Phi) is 5.02. The Hall–Kier alpha value is -1.80. The first-order valence-corrected chi connectivity index (χ1v) is 8.39. The molecule has 23 heavy (non-hydrogen) atoms. The monoisotopic (exact) mass is 337 g/mol. The fourth-order valence-electron chi connectivity index (χ4n) is 2.86. The Balaban J connectivity index is 1.56. The molecule has 1 N–H and O–H groups in total. The van der Waals surface area contributed by atoms with E-state index in [0.717, 1.165) is 31.6 Å². The van der Waals surface area contributed by atoms with Crippen molar-refractivity contribution < 1.29 is 9.13 Å². The van der Waals surface area contributed by atoms with E-state index in [2.05, 4.69) is 25.2 Å². The van der Waals surface area contributed by atoms with Gasteiger partial charge in [0.2, 0.25) is 11.8 Å². The van der Waals surface area contributed by atoms with Gasteiger partial charge in [0.15, 0.2) is 5.13 Å². The number of thiazole rings is 1. The minimum absolute atomic E-state index is 0.358. The molecule has 1 aliphatic rings. The lowest BCUT2D eigenvalue weighted by Gasteiger charge is -2.14. The van der Waals surface area contributed by atoms with E-state index >= 15 is 0 Å². The number of halogens is 1. The Bertz CT molecular complexity index is 665. The van der Waals surface area contributed by atoms with Gasteiger partial charge >= 0.3 is 0 Å². The van der Waals surface area contributed by atoms with Gasteiger partial charge in [0.25, 0.3) is 0 Å². The lowest BCUT2D eigenvalue weighted by molar-refractivity contribution is 0.313. The minimum Gasteiger partial charge on any atom is -0.481 e. The molecule has 0 amide bonds. The summed E-state index contributed by atoms with van der Waals surface area (Å²) in [5, 5.41) is 3.51. The van der Waals surface area contributed by atoms with Gasteiger partial charge < -0.3 is 10.1 Å². The van der Waals surface area contributed by atoms with E-state index in [1.54, 1.807) is 14.2 Å². The van der Waals surface area contributed by atoms with Crippen LogP contribution in [-0.2, 0) is 13.0 Å². The zero-order valence-corrected chi connectivity index (χ0v) is 14.1. The Morgan fingerprint density at radius 2 is 2.35 bits per heavy atom. The summed E-state index contributed by atoms with van der Waals surface area (Å²) in [4.78, 5) is 15.2. The summed E-state index contributed by atoms with van der Waals surface area (Å²) in [5.41, 5.74) is 0.991. The largest absolute Gasteiger partial charge is 0.481 e. The molecular weight excluding hydrogens is 317 g/mol. The molecule has 0 bridgehead atoms. The highest BCUT2D eigenvalue weighted by Crippen LogP contribution is 2.27. The molecule has 0 aliphatic carbocycles. The topological polar surface area (TPSA) is 63.2 Å². The van der Waals surface area contributed by atoms with Gasteiger partial charge in [-0.2, -0.15) is 9.37 Å². The van der Waals surface area contributed by atoms with Crippen molar-refractivity contribution in [2.24, 2.45) is 5.92 Å². The molecule has 6 nitrogen and oxygen atoms in total. The molecule has 0 saturated carbocycles. The normalized spacial score (nSPS) is 18.3. The van der Waals surface area contributed by atoms with Crippen molar-refractivity contribution in [3.8, 4) is 5.88 Å². The van der Waals surface area contributed by atoms with Gasteiger partial charge in [-0.3, -0.25) is 4.90 Å². The summed E-state index contributed by atoms with van der Waals surface area (Å²) in [6.45, 7) is 2.53. The van der Waals surface area contributed by atoms with Crippen LogP contribution in [0.5, 0.6) is 5.88 Å². The van der Waals surface area contributed by atoms with E-state index in [0.29, 0.717) is 28.4 Å². The second-order valence-corrected chi connectivity index (χ2v) is 6.71. The van der Waals surface area contributed by atoms with Crippen LogP contribution in [0, 0.1) is 11.9 Å². The fraction of sp³-hybridized carbons (Fsp3) is 0.533. The zero-order chi connectivity index (χ0) is 16.2. The third-order valence-electron chi connectivity index (χ3n) is 4.01. The minimum atomic E-state index is -0.358. The van der Waals surface area contributed by atoms with E-state index in [9.17, 15) is 4.39 Å². The maximum Gasteiger partial charge on any atom is 0.230 e. The van der Waals surface area contributed by atoms with Crippen LogP contribution in [0.1, 0.15) is 17.0 Å². The molecule has 2 aromatic heterocycles. The lowest BCUT2D eigenvalue weighted by atomic mass is 10.0. The number of ether oxygens (including phenoxy) is 1. The highest BCUT2D eigenvalue weighted by atomic mass is 32.1. The highest BCUT2D eigenvalue weighted by Gasteiger charge is 2.25. The van der Waals surface area contributed by atoms with Crippen LogP contribution in [-0.4, -0.2) is 47.1 Å². The van der Waals surface area contributed by atoms with Crippen LogP contribution < -0.4 is 10.1 Å². The first-order valence-electron chi connectivity index (χ1n) is 7.58. The molecule has 1 saturated heterocycles. The first-order chi connectivity index (χ1) is 11.2.